The van der Waals surface area contributed by atoms with E-state index in [1.165, 1.54) is 0 Å². The van der Waals surface area contributed by atoms with Gasteiger partial charge in [0.15, 0.2) is 0 Å². The first-order valence-corrected chi connectivity index (χ1v) is 22.1. The lowest BCUT2D eigenvalue weighted by atomic mass is 9.89. The van der Waals surface area contributed by atoms with Gasteiger partial charge in [-0.1, -0.05) is 67.3 Å². The van der Waals surface area contributed by atoms with Crippen LogP contribution in [0.5, 0.6) is 0 Å². The average molecular weight is 858 g/mol. The van der Waals surface area contributed by atoms with E-state index in [0.29, 0.717) is 55.3 Å². The summed E-state index contributed by atoms with van der Waals surface area (Å²) in [6, 6.07) is 38.1. The van der Waals surface area contributed by atoms with E-state index < -0.39 is 6.04 Å². The number of allylic oxidation sites excluding steroid dienone is 5. The smallest absolute Gasteiger partial charge is 0.120 e. The van der Waals surface area contributed by atoms with Gasteiger partial charge in [-0.25, -0.2) is 49.8 Å². The highest BCUT2D eigenvalue weighted by molar-refractivity contribution is 6.23. The minimum atomic E-state index is -0.445. The zero-order valence-corrected chi connectivity index (χ0v) is 35.6. The predicted molar refractivity (Wildman–Crippen MR) is 269 cm³/mol. The fourth-order valence-electron chi connectivity index (χ4n) is 10.1. The van der Waals surface area contributed by atoms with Crippen molar-refractivity contribution in [1.82, 2.24) is 49.8 Å². The fourth-order valence-corrected chi connectivity index (χ4v) is 10.1. The molecule has 3 aromatic carbocycles. The summed E-state index contributed by atoms with van der Waals surface area (Å²) >= 11 is 0. The Morgan fingerprint density at radius 2 is 0.910 bits per heavy atom. The minimum absolute atomic E-state index is 0.445. The Labute approximate surface area is 379 Å². The van der Waals surface area contributed by atoms with Crippen LogP contribution in [0.3, 0.4) is 0 Å². The molecule has 11 heterocycles. The molecule has 0 amide bonds. The molecule has 12 aromatic rings. The van der Waals surface area contributed by atoms with Crippen molar-refractivity contribution in [1.29, 1.82) is 0 Å². The Balaban J connectivity index is 1.27. The number of benzene rings is 3. The lowest BCUT2D eigenvalue weighted by Crippen LogP contribution is -2.29. The molecule has 22 bridgehead atoms. The molecule has 310 valence electrons. The van der Waals surface area contributed by atoms with Crippen LogP contribution in [-0.4, -0.2) is 49.8 Å². The largest absolute Gasteiger partial charge is 0.369 e. The number of nitrogens with one attached hydrogen (secondary N) is 1. The molecule has 1 unspecified atom stereocenters. The standard InChI is InChI=1S/C56H31N11/c1-27-9-3-10-28(2)35-11-4-12-36(57-35)31-23-24-32-38-14-6-19-43(59-38)44-20-8-16-40(61-44)34-26-25-33-39-15-7-18-42(60-39)41-17-5-13-37(58-41)30-22-21-29(27)45-46(30)63-52-51(62-45)53-55(65-48(32)47(31)64-53)56-54(52)66-49(33)50(34)67-56/h3-26,45,62H,1H2,2H3. The summed E-state index contributed by atoms with van der Waals surface area (Å²) in [6.07, 6.45) is 10.4. The van der Waals surface area contributed by atoms with Gasteiger partial charge in [0.05, 0.1) is 95.0 Å². The van der Waals surface area contributed by atoms with Gasteiger partial charge in [-0.3, -0.25) is 0 Å². The summed E-state index contributed by atoms with van der Waals surface area (Å²) in [5.41, 5.74) is 18.1. The molecular formula is C56H31N11. The van der Waals surface area contributed by atoms with Crippen LogP contribution in [0.1, 0.15) is 24.4 Å². The molecule has 1 atom stereocenters. The van der Waals surface area contributed by atoms with E-state index in [-0.39, 0.29) is 0 Å². The second-order valence-corrected chi connectivity index (χ2v) is 17.3. The number of aromatic nitrogens is 10. The van der Waals surface area contributed by atoms with E-state index in [2.05, 4.69) is 61.3 Å². The molecule has 0 saturated carbocycles. The second kappa shape index (κ2) is 13.2. The Hall–Kier alpha value is -9.22. The highest BCUT2D eigenvalue weighted by atomic mass is 15.0. The molecular weight excluding hydrogens is 827 g/mol. The van der Waals surface area contributed by atoms with Crippen LogP contribution in [0.2, 0.25) is 0 Å². The first-order valence-electron chi connectivity index (χ1n) is 22.1. The molecule has 0 saturated heterocycles. The number of rotatable bonds is 0. The number of nitrogens with zero attached hydrogens (tertiary/aromatic N) is 10. The third-order valence-corrected chi connectivity index (χ3v) is 13.4. The predicted octanol–water partition coefficient (Wildman–Crippen LogP) is 11.4. The van der Waals surface area contributed by atoms with E-state index in [4.69, 9.17) is 49.8 Å². The van der Waals surface area contributed by atoms with Crippen LogP contribution in [-0.2, 0) is 0 Å². The highest BCUT2D eigenvalue weighted by Gasteiger charge is 2.31. The van der Waals surface area contributed by atoms with Gasteiger partial charge < -0.3 is 5.32 Å². The van der Waals surface area contributed by atoms with E-state index in [0.717, 1.165) is 105 Å². The van der Waals surface area contributed by atoms with Crippen molar-refractivity contribution in [2.24, 2.45) is 0 Å². The molecule has 1 N–H and O–H groups in total. The number of hydrogen-bond acceptors (Lipinski definition) is 11. The van der Waals surface area contributed by atoms with Crippen LogP contribution in [0.25, 0.3) is 133 Å². The molecule has 0 fully saturated rings. The average Bonchev–Trinajstić information content (AvgIpc) is 3.38. The molecule has 15 rings (SSSR count). The van der Waals surface area contributed by atoms with Crippen molar-refractivity contribution >= 4 is 127 Å². The lowest BCUT2D eigenvalue weighted by molar-refractivity contribution is 0.861. The molecule has 1 aliphatic carbocycles. The summed E-state index contributed by atoms with van der Waals surface area (Å²) in [5.74, 6) is 0. The first kappa shape index (κ1) is 36.2. The Bertz CT molecular complexity index is 4590. The fraction of sp³-hybridized carbons (Fsp3) is 0.0357. The van der Waals surface area contributed by atoms with Gasteiger partial charge in [0.25, 0.3) is 0 Å². The minimum Gasteiger partial charge on any atom is -0.369 e. The van der Waals surface area contributed by atoms with Gasteiger partial charge in [-0.05, 0) is 109 Å². The molecule has 11 heteroatoms. The van der Waals surface area contributed by atoms with Crippen molar-refractivity contribution in [3.63, 3.8) is 0 Å². The molecule has 0 radical (unpaired) electrons. The maximum atomic E-state index is 5.70. The second-order valence-electron chi connectivity index (χ2n) is 17.3. The molecule has 67 heavy (non-hydrogen) atoms. The molecule has 9 aromatic heterocycles. The maximum Gasteiger partial charge on any atom is 0.120 e. The quantitative estimate of drug-likeness (QED) is 0.115. The summed E-state index contributed by atoms with van der Waals surface area (Å²) in [6.45, 7) is 6.68. The first-order chi connectivity index (χ1) is 33.0. The van der Waals surface area contributed by atoms with Gasteiger partial charge in [0.1, 0.15) is 27.6 Å². The third kappa shape index (κ3) is 5.16. The van der Waals surface area contributed by atoms with Crippen molar-refractivity contribution in [3.05, 3.63) is 174 Å². The highest BCUT2D eigenvalue weighted by Crippen LogP contribution is 2.44. The Kier molecular flexibility index (Phi) is 7.11. The summed E-state index contributed by atoms with van der Waals surface area (Å²) in [7, 11) is 0. The number of anilines is 1. The zero-order valence-electron chi connectivity index (χ0n) is 35.6. The monoisotopic (exact) mass is 857 g/mol. The number of pyridine rings is 5. The normalized spacial score (nSPS) is 15.2. The van der Waals surface area contributed by atoms with Crippen LogP contribution < -0.4 is 10.5 Å². The third-order valence-electron chi connectivity index (χ3n) is 13.4. The van der Waals surface area contributed by atoms with E-state index >= 15 is 0 Å². The summed E-state index contributed by atoms with van der Waals surface area (Å²) in [5, 5.41) is 7.27. The van der Waals surface area contributed by atoms with Crippen molar-refractivity contribution < 1.29 is 0 Å². The van der Waals surface area contributed by atoms with Crippen LogP contribution >= 0.6 is 0 Å². The van der Waals surface area contributed by atoms with E-state index in [1.807, 2.05) is 103 Å². The van der Waals surface area contributed by atoms with Crippen LogP contribution in [0.4, 0.5) is 5.69 Å². The van der Waals surface area contributed by atoms with Gasteiger partial charge in [0, 0.05) is 26.9 Å². The summed E-state index contributed by atoms with van der Waals surface area (Å²) in [4.78, 5) is 54.7. The van der Waals surface area contributed by atoms with Gasteiger partial charge in [-0.15, -0.1) is 0 Å². The maximum absolute atomic E-state index is 5.70. The molecule has 0 spiro atoms. The number of hydrogen-bond donors (Lipinski definition) is 1. The Morgan fingerprint density at radius 1 is 0.418 bits per heavy atom. The number of fused-ring (bicyclic) bond motifs is 17. The SMILES string of the molecule is C=C1C=CC=C(C)c2cccc(n2)-c2ccc3c4cccc(n4)c4cccc(n4)c4ccc5c6cccc(n6)c6cccc(n6)c6c7nc8c(c9nc2c3nc9c2nc4c5nc82)NC7C1=CC=6. The van der Waals surface area contributed by atoms with Crippen LogP contribution in [0.15, 0.2) is 157 Å². The zero-order chi connectivity index (χ0) is 44.1. The molecule has 3 aliphatic rings. The van der Waals surface area contributed by atoms with Gasteiger partial charge in [0.2, 0.25) is 0 Å². The Morgan fingerprint density at radius 3 is 1.55 bits per heavy atom. The van der Waals surface area contributed by atoms with E-state index in [9.17, 15) is 0 Å². The molecule has 2 aliphatic heterocycles. The van der Waals surface area contributed by atoms with Gasteiger partial charge in [-0.2, -0.15) is 0 Å². The van der Waals surface area contributed by atoms with Crippen molar-refractivity contribution in [3.8, 4) is 11.3 Å². The van der Waals surface area contributed by atoms with Crippen molar-refractivity contribution in [2.45, 2.75) is 13.0 Å². The molecule has 11 nitrogen and oxygen atoms in total. The van der Waals surface area contributed by atoms with Crippen molar-refractivity contribution in [2.75, 3.05) is 5.32 Å². The topological polar surface area (TPSA) is 141 Å². The van der Waals surface area contributed by atoms with Crippen LogP contribution in [0, 0.1) is 0 Å². The lowest BCUT2D eigenvalue weighted by Gasteiger charge is -2.29. The summed E-state index contributed by atoms with van der Waals surface area (Å²) < 4.78 is 0. The van der Waals surface area contributed by atoms with Gasteiger partial charge >= 0.3 is 0 Å². The van der Waals surface area contributed by atoms with E-state index in [1.54, 1.807) is 0 Å².